The summed E-state index contributed by atoms with van der Waals surface area (Å²) in [5, 5.41) is 17.4. The van der Waals surface area contributed by atoms with Gasteiger partial charge in [-0.3, -0.25) is 14.4 Å². The largest absolute Gasteiger partial charge is 0.491 e. The van der Waals surface area contributed by atoms with Crippen molar-refractivity contribution in [3.63, 3.8) is 0 Å². The van der Waals surface area contributed by atoms with Gasteiger partial charge in [0.05, 0.1) is 11.6 Å². The molecule has 1 unspecified atom stereocenters. The smallest absolute Gasteiger partial charge is 0.280 e. The Morgan fingerprint density at radius 3 is 2.70 bits per heavy atom. The molecule has 4 rings (SSSR count). The standard InChI is InChI=1S/C21H17ClN4O4/c1-11(9-16(27)23-13-5-3-2-4-6-13)26-21(30)17-18(20(29)25-26)24-15-10-12(22)7-8-14(15)19(17)28/h2-8,10-11H,9H2,1H3,(H,23,27)(H,24,28)(H,25,29). The average molecular weight is 425 g/mol. The molecule has 4 aromatic rings. The molecular weight excluding hydrogens is 408 g/mol. The molecule has 2 aromatic carbocycles. The third-order valence-electron chi connectivity index (χ3n) is 4.77. The minimum atomic E-state index is -0.697. The molecule has 0 radical (unpaired) electrons. The zero-order chi connectivity index (χ0) is 21.4. The highest BCUT2D eigenvalue weighted by Crippen LogP contribution is 2.22. The Hall–Kier alpha value is -3.65. The first-order valence-corrected chi connectivity index (χ1v) is 9.55. The number of amides is 1. The fourth-order valence-corrected chi connectivity index (χ4v) is 3.51. The fourth-order valence-electron chi connectivity index (χ4n) is 3.33. The Labute approximate surface area is 174 Å². The second kappa shape index (κ2) is 7.64. The first kappa shape index (κ1) is 19.7. The highest BCUT2D eigenvalue weighted by molar-refractivity contribution is 6.31. The van der Waals surface area contributed by atoms with Gasteiger partial charge in [-0.25, -0.2) is 4.68 Å². The van der Waals surface area contributed by atoms with Crippen molar-refractivity contribution < 1.29 is 9.90 Å². The number of H-pyrrole nitrogens is 1. The van der Waals surface area contributed by atoms with E-state index < -0.39 is 22.9 Å². The maximum absolute atomic E-state index is 13.0. The number of nitrogens with zero attached hydrogens (tertiary/aromatic N) is 2. The third-order valence-corrected chi connectivity index (χ3v) is 5.00. The number of aromatic nitrogens is 3. The normalized spacial score (nSPS) is 12.2. The van der Waals surface area contributed by atoms with Crippen molar-refractivity contribution >= 4 is 45.0 Å². The number of aromatic hydroxyl groups is 1. The predicted octanol–water partition coefficient (Wildman–Crippen LogP) is 3.19. The number of anilines is 1. The molecule has 30 heavy (non-hydrogen) atoms. The number of benzene rings is 2. The molecule has 0 aliphatic carbocycles. The Morgan fingerprint density at radius 2 is 1.97 bits per heavy atom. The summed E-state index contributed by atoms with van der Waals surface area (Å²) in [6.07, 6.45) is -0.0756. The highest BCUT2D eigenvalue weighted by atomic mass is 35.5. The number of pyridine rings is 1. The molecule has 0 saturated heterocycles. The van der Waals surface area contributed by atoms with Gasteiger partial charge in [-0.15, -0.1) is 5.10 Å². The summed E-state index contributed by atoms with van der Waals surface area (Å²) in [6.45, 7) is 1.61. The van der Waals surface area contributed by atoms with Gasteiger partial charge in [0.1, 0.15) is 10.9 Å². The number of hydrogen-bond acceptors (Lipinski definition) is 5. The zero-order valence-corrected chi connectivity index (χ0v) is 16.6. The molecule has 0 fully saturated rings. The topological polar surface area (TPSA) is 117 Å². The number of fused-ring (bicyclic) bond motifs is 2. The Kier molecular flexibility index (Phi) is 5.01. The summed E-state index contributed by atoms with van der Waals surface area (Å²) in [5.41, 5.74) is -0.312. The number of carbonyl (C=O) groups excluding carboxylic acids is 1. The minimum absolute atomic E-state index is 0.0723. The number of carbonyl (C=O) groups is 1. The fraction of sp³-hybridized carbons (Fsp3) is 0.143. The molecule has 0 spiro atoms. The molecule has 0 aliphatic rings. The maximum Gasteiger partial charge on any atom is 0.280 e. The van der Waals surface area contributed by atoms with Crippen LogP contribution in [0.4, 0.5) is 5.69 Å². The van der Waals surface area contributed by atoms with Crippen LogP contribution in [0, 0.1) is 0 Å². The molecule has 2 aromatic heterocycles. The lowest BCUT2D eigenvalue weighted by molar-refractivity contribution is -0.116. The first-order chi connectivity index (χ1) is 14.3. The van der Waals surface area contributed by atoms with Crippen molar-refractivity contribution in [1.82, 2.24) is 14.8 Å². The van der Waals surface area contributed by atoms with E-state index in [1.54, 1.807) is 37.3 Å². The van der Waals surface area contributed by atoms with Crippen molar-refractivity contribution in [3.05, 3.63) is 74.1 Å². The Bertz CT molecular complexity index is 1400. The third kappa shape index (κ3) is 3.53. The molecule has 0 aliphatic heterocycles. The van der Waals surface area contributed by atoms with Gasteiger partial charge < -0.3 is 15.4 Å². The number of halogens is 1. The van der Waals surface area contributed by atoms with Gasteiger partial charge in [0, 0.05) is 22.5 Å². The van der Waals surface area contributed by atoms with Gasteiger partial charge in [0.25, 0.3) is 11.4 Å². The van der Waals surface area contributed by atoms with Crippen LogP contribution in [0.3, 0.4) is 0 Å². The van der Waals surface area contributed by atoms with Gasteiger partial charge >= 0.3 is 0 Å². The molecule has 9 heteroatoms. The van der Waals surface area contributed by atoms with Gasteiger partial charge in [-0.05, 0) is 37.3 Å². The van der Waals surface area contributed by atoms with E-state index in [1.165, 1.54) is 12.1 Å². The Balaban J connectivity index is 1.75. The van der Waals surface area contributed by atoms with Crippen LogP contribution < -0.4 is 16.3 Å². The average Bonchev–Trinajstić information content (AvgIpc) is 2.70. The van der Waals surface area contributed by atoms with Crippen LogP contribution in [0.5, 0.6) is 5.88 Å². The molecule has 3 N–H and O–H groups in total. The monoisotopic (exact) mass is 424 g/mol. The van der Waals surface area contributed by atoms with Gasteiger partial charge in [-0.2, -0.15) is 0 Å². The van der Waals surface area contributed by atoms with Crippen LogP contribution in [-0.4, -0.2) is 25.8 Å². The van der Waals surface area contributed by atoms with Crippen LogP contribution in [0.25, 0.3) is 21.8 Å². The van der Waals surface area contributed by atoms with E-state index in [2.05, 4.69) is 15.4 Å². The van der Waals surface area contributed by atoms with E-state index in [1.807, 2.05) is 6.07 Å². The molecule has 1 atom stereocenters. The van der Waals surface area contributed by atoms with E-state index in [-0.39, 0.29) is 28.6 Å². The summed E-state index contributed by atoms with van der Waals surface area (Å²) >= 11 is 5.96. The van der Waals surface area contributed by atoms with Crippen LogP contribution in [0.2, 0.25) is 5.02 Å². The minimum Gasteiger partial charge on any atom is -0.491 e. The molecule has 1 amide bonds. The number of aromatic amines is 1. The van der Waals surface area contributed by atoms with E-state index >= 15 is 0 Å². The van der Waals surface area contributed by atoms with Crippen LogP contribution in [0.15, 0.2) is 58.1 Å². The van der Waals surface area contributed by atoms with Crippen molar-refractivity contribution in [2.24, 2.45) is 0 Å². The highest BCUT2D eigenvalue weighted by Gasteiger charge is 2.20. The summed E-state index contributed by atoms with van der Waals surface area (Å²) in [6, 6.07) is 12.8. The predicted molar refractivity (Wildman–Crippen MR) is 115 cm³/mol. The van der Waals surface area contributed by atoms with E-state index in [9.17, 15) is 19.5 Å². The zero-order valence-electron chi connectivity index (χ0n) is 15.8. The van der Waals surface area contributed by atoms with Crippen molar-refractivity contribution in [3.8, 4) is 5.88 Å². The van der Waals surface area contributed by atoms with Gasteiger partial charge in [0.2, 0.25) is 11.3 Å². The quantitative estimate of drug-likeness (QED) is 0.435. The lowest BCUT2D eigenvalue weighted by Gasteiger charge is -2.15. The van der Waals surface area contributed by atoms with E-state index in [0.29, 0.717) is 16.2 Å². The van der Waals surface area contributed by atoms with Crippen LogP contribution >= 0.6 is 11.6 Å². The SMILES string of the molecule is CC(CC(=O)Nc1ccccc1)n1nc(O)c2[nH]c3cc(Cl)ccc3c(=O)c2c1=O. The lowest BCUT2D eigenvalue weighted by Crippen LogP contribution is -2.31. The Morgan fingerprint density at radius 1 is 1.23 bits per heavy atom. The molecule has 0 bridgehead atoms. The molecule has 0 saturated carbocycles. The molecule has 152 valence electrons. The summed E-state index contributed by atoms with van der Waals surface area (Å²) in [4.78, 5) is 41.1. The van der Waals surface area contributed by atoms with Crippen molar-refractivity contribution in [2.45, 2.75) is 19.4 Å². The number of nitrogens with one attached hydrogen (secondary N) is 2. The van der Waals surface area contributed by atoms with Crippen LogP contribution in [0.1, 0.15) is 19.4 Å². The molecule has 8 nitrogen and oxygen atoms in total. The molecule has 2 heterocycles. The number of rotatable bonds is 4. The maximum atomic E-state index is 13.0. The summed E-state index contributed by atoms with van der Waals surface area (Å²) in [5.74, 6) is -0.844. The van der Waals surface area contributed by atoms with Crippen molar-refractivity contribution in [2.75, 3.05) is 5.32 Å². The van der Waals surface area contributed by atoms with Crippen molar-refractivity contribution in [1.29, 1.82) is 0 Å². The van der Waals surface area contributed by atoms with Gasteiger partial charge in [0.15, 0.2) is 0 Å². The second-order valence-electron chi connectivity index (χ2n) is 6.93. The summed E-state index contributed by atoms with van der Waals surface area (Å²) in [7, 11) is 0. The van der Waals surface area contributed by atoms with Crippen LogP contribution in [-0.2, 0) is 4.79 Å². The summed E-state index contributed by atoms with van der Waals surface area (Å²) < 4.78 is 0.958. The lowest BCUT2D eigenvalue weighted by atomic mass is 10.1. The molecular formula is C21H17ClN4O4. The number of hydrogen-bond donors (Lipinski definition) is 3. The first-order valence-electron chi connectivity index (χ1n) is 9.17. The van der Waals surface area contributed by atoms with Gasteiger partial charge in [-0.1, -0.05) is 29.8 Å². The number of para-hydroxylation sites is 1. The second-order valence-corrected chi connectivity index (χ2v) is 7.37. The van der Waals surface area contributed by atoms with E-state index in [4.69, 9.17) is 11.6 Å². The van der Waals surface area contributed by atoms with E-state index in [0.717, 1.165) is 4.68 Å².